The number of hydrogen-bond acceptors (Lipinski definition) is 4. The van der Waals surface area contributed by atoms with Crippen LogP contribution in [-0.4, -0.2) is 48.3 Å². The fraction of sp³-hybridized carbons (Fsp3) is 0.917. The van der Waals surface area contributed by atoms with Gasteiger partial charge in [-0.2, -0.15) is 0 Å². The lowest BCUT2D eigenvalue weighted by Crippen LogP contribution is -2.44. The fourth-order valence-corrected chi connectivity index (χ4v) is 2.35. The zero-order chi connectivity index (χ0) is 12.0. The Kier molecular flexibility index (Phi) is 5.22. The molecule has 0 unspecified atom stereocenters. The molecule has 94 valence electrons. The summed E-state index contributed by atoms with van der Waals surface area (Å²) in [5.41, 5.74) is -0.598. The Morgan fingerprint density at radius 2 is 2.00 bits per heavy atom. The third kappa shape index (κ3) is 4.49. The van der Waals surface area contributed by atoms with E-state index in [1.54, 1.807) is 6.92 Å². The van der Waals surface area contributed by atoms with Crippen LogP contribution in [-0.2, 0) is 9.53 Å². The molecule has 0 aromatic heterocycles. The van der Waals surface area contributed by atoms with E-state index in [2.05, 4.69) is 0 Å². The summed E-state index contributed by atoms with van der Waals surface area (Å²) in [5, 5.41) is 10.3. The average Bonchev–Trinajstić information content (AvgIpc) is 2.17. The smallest absolute Gasteiger partial charge is 0.320 e. The number of carbonyl (C=O) groups is 1. The minimum Gasteiger partial charge on any atom is -0.465 e. The lowest BCUT2D eigenvalue weighted by molar-refractivity contribution is -0.144. The van der Waals surface area contributed by atoms with E-state index in [0.29, 0.717) is 13.2 Å². The first kappa shape index (κ1) is 13.5. The van der Waals surface area contributed by atoms with Crippen molar-refractivity contribution in [1.29, 1.82) is 0 Å². The first-order valence-electron chi connectivity index (χ1n) is 6.12. The second-order valence-electron chi connectivity index (χ2n) is 4.76. The van der Waals surface area contributed by atoms with Crippen molar-refractivity contribution in [3.8, 4) is 0 Å². The number of carbonyl (C=O) groups excluding carboxylic acids is 1. The molecule has 1 aliphatic rings. The van der Waals surface area contributed by atoms with E-state index in [4.69, 9.17) is 4.74 Å². The molecule has 1 fully saturated rings. The normalized spacial score (nSPS) is 19.8. The molecule has 1 saturated carbocycles. The second kappa shape index (κ2) is 6.21. The molecule has 0 amide bonds. The summed E-state index contributed by atoms with van der Waals surface area (Å²) in [6.07, 6.45) is 5.08. The van der Waals surface area contributed by atoms with Gasteiger partial charge in [0.2, 0.25) is 0 Å². The first-order chi connectivity index (χ1) is 7.56. The van der Waals surface area contributed by atoms with Crippen molar-refractivity contribution >= 4 is 5.97 Å². The largest absolute Gasteiger partial charge is 0.465 e. The summed E-state index contributed by atoms with van der Waals surface area (Å²) in [4.78, 5) is 13.1. The van der Waals surface area contributed by atoms with Gasteiger partial charge in [-0.1, -0.05) is 19.3 Å². The summed E-state index contributed by atoms with van der Waals surface area (Å²) >= 11 is 0. The maximum absolute atomic E-state index is 11.3. The number of rotatable bonds is 5. The van der Waals surface area contributed by atoms with Crippen LogP contribution in [0, 0.1) is 0 Å². The minimum atomic E-state index is -0.598. The lowest BCUT2D eigenvalue weighted by Gasteiger charge is -2.35. The number of aliphatic hydroxyl groups is 1. The van der Waals surface area contributed by atoms with E-state index in [-0.39, 0.29) is 12.5 Å². The van der Waals surface area contributed by atoms with Crippen molar-refractivity contribution in [2.24, 2.45) is 0 Å². The molecule has 16 heavy (non-hydrogen) atoms. The Morgan fingerprint density at radius 1 is 1.38 bits per heavy atom. The quantitative estimate of drug-likeness (QED) is 0.719. The number of nitrogens with zero attached hydrogens (tertiary/aromatic N) is 1. The summed E-state index contributed by atoms with van der Waals surface area (Å²) in [5.74, 6) is -0.218. The zero-order valence-corrected chi connectivity index (χ0v) is 10.4. The molecule has 0 aliphatic heterocycles. The van der Waals surface area contributed by atoms with Gasteiger partial charge in [-0.15, -0.1) is 0 Å². The van der Waals surface area contributed by atoms with Crippen molar-refractivity contribution in [1.82, 2.24) is 4.90 Å². The highest BCUT2D eigenvalue weighted by molar-refractivity contribution is 5.71. The van der Waals surface area contributed by atoms with Gasteiger partial charge in [0.25, 0.3) is 0 Å². The number of hydrogen-bond donors (Lipinski definition) is 1. The van der Waals surface area contributed by atoms with Gasteiger partial charge in [-0.3, -0.25) is 9.69 Å². The number of likely N-dealkylation sites (N-methyl/N-ethyl adjacent to an activating group) is 1. The molecule has 0 heterocycles. The van der Waals surface area contributed by atoms with Gasteiger partial charge in [0.15, 0.2) is 0 Å². The van der Waals surface area contributed by atoms with Gasteiger partial charge in [-0.25, -0.2) is 0 Å². The SMILES string of the molecule is CCOC(=O)CN(C)CC1(O)CCCCC1. The van der Waals surface area contributed by atoms with Crippen LogP contribution in [0.15, 0.2) is 0 Å². The number of ether oxygens (including phenoxy) is 1. The van der Waals surface area contributed by atoms with Crippen LogP contribution >= 0.6 is 0 Å². The van der Waals surface area contributed by atoms with Gasteiger partial charge in [0.1, 0.15) is 0 Å². The molecule has 4 heteroatoms. The van der Waals surface area contributed by atoms with Crippen molar-refractivity contribution in [3.05, 3.63) is 0 Å². The van der Waals surface area contributed by atoms with Crippen LogP contribution in [0.2, 0.25) is 0 Å². The molecule has 0 atom stereocenters. The van der Waals surface area contributed by atoms with Crippen molar-refractivity contribution in [3.63, 3.8) is 0 Å². The van der Waals surface area contributed by atoms with Crippen molar-refractivity contribution in [2.45, 2.75) is 44.6 Å². The Labute approximate surface area is 97.6 Å². The molecular weight excluding hydrogens is 206 g/mol. The summed E-state index contributed by atoms with van der Waals surface area (Å²) < 4.78 is 4.87. The van der Waals surface area contributed by atoms with Crippen LogP contribution in [0.4, 0.5) is 0 Å². The van der Waals surface area contributed by atoms with E-state index >= 15 is 0 Å². The highest BCUT2D eigenvalue weighted by atomic mass is 16.5. The molecule has 0 bridgehead atoms. The van der Waals surface area contributed by atoms with Gasteiger partial charge < -0.3 is 9.84 Å². The maximum atomic E-state index is 11.3. The molecule has 0 radical (unpaired) electrons. The zero-order valence-electron chi connectivity index (χ0n) is 10.4. The Balaban J connectivity index is 2.31. The highest BCUT2D eigenvalue weighted by Gasteiger charge is 2.30. The molecule has 1 aliphatic carbocycles. The first-order valence-corrected chi connectivity index (χ1v) is 6.12. The van der Waals surface area contributed by atoms with Crippen LogP contribution < -0.4 is 0 Å². The van der Waals surface area contributed by atoms with E-state index in [0.717, 1.165) is 25.7 Å². The van der Waals surface area contributed by atoms with Gasteiger partial charge in [-0.05, 0) is 26.8 Å². The minimum absolute atomic E-state index is 0.218. The summed E-state index contributed by atoms with van der Waals surface area (Å²) in [6.45, 7) is 3.03. The number of esters is 1. The molecule has 1 N–H and O–H groups in total. The molecule has 0 aromatic carbocycles. The molecule has 0 aromatic rings. The third-order valence-corrected chi connectivity index (χ3v) is 3.05. The monoisotopic (exact) mass is 229 g/mol. The van der Waals surface area contributed by atoms with Crippen molar-refractivity contribution in [2.75, 3.05) is 26.7 Å². The van der Waals surface area contributed by atoms with Gasteiger partial charge >= 0.3 is 5.97 Å². The predicted octanol–water partition coefficient (Wildman–Crippen LogP) is 1.18. The molecule has 4 nitrogen and oxygen atoms in total. The standard InChI is InChI=1S/C12H23NO3/c1-3-16-11(14)9-13(2)10-12(15)7-5-4-6-8-12/h15H,3-10H2,1-2H3. The lowest BCUT2D eigenvalue weighted by atomic mass is 9.84. The maximum Gasteiger partial charge on any atom is 0.320 e. The third-order valence-electron chi connectivity index (χ3n) is 3.05. The summed E-state index contributed by atoms with van der Waals surface area (Å²) in [6, 6.07) is 0. The Morgan fingerprint density at radius 3 is 2.56 bits per heavy atom. The van der Waals surface area contributed by atoms with Crippen LogP contribution in [0.5, 0.6) is 0 Å². The average molecular weight is 229 g/mol. The summed E-state index contributed by atoms with van der Waals surface area (Å²) in [7, 11) is 1.85. The van der Waals surface area contributed by atoms with Crippen molar-refractivity contribution < 1.29 is 14.6 Å². The van der Waals surface area contributed by atoms with Crippen LogP contribution in [0.1, 0.15) is 39.0 Å². The molecule has 0 saturated heterocycles. The topological polar surface area (TPSA) is 49.8 Å². The van der Waals surface area contributed by atoms with Gasteiger partial charge in [0, 0.05) is 6.54 Å². The van der Waals surface area contributed by atoms with E-state index in [1.165, 1.54) is 6.42 Å². The van der Waals surface area contributed by atoms with E-state index < -0.39 is 5.60 Å². The van der Waals surface area contributed by atoms with Crippen LogP contribution in [0.25, 0.3) is 0 Å². The van der Waals surface area contributed by atoms with Crippen LogP contribution in [0.3, 0.4) is 0 Å². The van der Waals surface area contributed by atoms with Gasteiger partial charge in [0.05, 0.1) is 18.8 Å². The molecular formula is C12H23NO3. The van der Waals surface area contributed by atoms with E-state index in [1.807, 2.05) is 11.9 Å². The Bertz CT molecular complexity index is 224. The fourth-order valence-electron chi connectivity index (χ4n) is 2.35. The Hall–Kier alpha value is -0.610. The van der Waals surface area contributed by atoms with E-state index in [9.17, 15) is 9.90 Å². The second-order valence-corrected chi connectivity index (χ2v) is 4.76. The molecule has 0 spiro atoms. The molecule has 1 rings (SSSR count). The highest BCUT2D eigenvalue weighted by Crippen LogP contribution is 2.28. The predicted molar refractivity (Wildman–Crippen MR) is 62.2 cm³/mol.